The molecular formula is C12H16ClF3N4O. The van der Waals surface area contributed by atoms with Gasteiger partial charge in [0.1, 0.15) is 6.54 Å². The van der Waals surface area contributed by atoms with Gasteiger partial charge in [-0.3, -0.25) is 9.89 Å². The summed E-state index contributed by atoms with van der Waals surface area (Å²) in [6.45, 7) is 3.08. The van der Waals surface area contributed by atoms with Crippen LogP contribution < -0.4 is 5.32 Å². The molecule has 2 rings (SSSR count). The fourth-order valence-electron chi connectivity index (χ4n) is 2.14. The van der Waals surface area contributed by atoms with E-state index in [2.05, 4.69) is 22.1 Å². The Morgan fingerprint density at radius 1 is 1.48 bits per heavy atom. The lowest BCUT2D eigenvalue weighted by Gasteiger charge is -2.22. The topological polar surface area (TPSA) is 61.0 Å². The van der Waals surface area contributed by atoms with Gasteiger partial charge < -0.3 is 10.2 Å². The molecule has 0 unspecified atom stereocenters. The second-order valence-electron chi connectivity index (χ2n) is 4.55. The Bertz CT molecular complexity index is 515. The minimum Gasteiger partial charge on any atom is -0.324 e. The van der Waals surface area contributed by atoms with Crippen LogP contribution in [0.25, 0.3) is 0 Å². The molecule has 5 nitrogen and oxygen atoms in total. The second-order valence-corrected chi connectivity index (χ2v) is 4.55. The number of rotatable bonds is 4. The first-order valence-electron chi connectivity index (χ1n) is 6.16. The third-order valence-corrected chi connectivity index (χ3v) is 3.02. The van der Waals surface area contributed by atoms with Crippen LogP contribution in [0.15, 0.2) is 12.7 Å². The van der Waals surface area contributed by atoms with Gasteiger partial charge in [-0.05, 0) is 0 Å². The molecule has 0 aromatic carbocycles. The molecule has 0 aliphatic carbocycles. The molecule has 0 atom stereocenters. The van der Waals surface area contributed by atoms with E-state index < -0.39 is 18.6 Å². The van der Waals surface area contributed by atoms with Crippen LogP contribution in [-0.2, 0) is 13.0 Å². The van der Waals surface area contributed by atoms with Crippen molar-refractivity contribution in [3.8, 4) is 0 Å². The van der Waals surface area contributed by atoms with Crippen LogP contribution in [0, 0.1) is 0 Å². The first-order chi connectivity index (χ1) is 9.42. The van der Waals surface area contributed by atoms with Gasteiger partial charge in [-0.15, -0.1) is 19.0 Å². The van der Waals surface area contributed by atoms with Crippen LogP contribution in [0.2, 0.25) is 0 Å². The summed E-state index contributed by atoms with van der Waals surface area (Å²) in [4.78, 5) is 12.9. The van der Waals surface area contributed by atoms with Gasteiger partial charge in [-0.25, -0.2) is 0 Å². The van der Waals surface area contributed by atoms with Crippen molar-refractivity contribution in [3.05, 3.63) is 29.6 Å². The van der Waals surface area contributed by atoms with Crippen LogP contribution >= 0.6 is 12.4 Å². The zero-order valence-corrected chi connectivity index (χ0v) is 12.0. The molecule has 1 aromatic heterocycles. The van der Waals surface area contributed by atoms with Gasteiger partial charge >= 0.3 is 6.18 Å². The van der Waals surface area contributed by atoms with Gasteiger partial charge in [0.15, 0.2) is 5.69 Å². The summed E-state index contributed by atoms with van der Waals surface area (Å²) in [6, 6.07) is 0. The molecule has 2 N–H and O–H groups in total. The van der Waals surface area contributed by atoms with Crippen molar-refractivity contribution < 1.29 is 18.0 Å². The number of hydrogen-bond acceptors (Lipinski definition) is 3. The SMILES string of the molecule is C=CCN(CC(F)(F)F)C(=O)c1n[nH]c2c1CNCC2.Cl. The maximum Gasteiger partial charge on any atom is 0.406 e. The molecule has 0 saturated carbocycles. The number of amides is 1. The minimum atomic E-state index is -4.45. The van der Waals surface area contributed by atoms with Crippen molar-refractivity contribution in [1.29, 1.82) is 0 Å². The van der Waals surface area contributed by atoms with Crippen molar-refractivity contribution in [2.45, 2.75) is 19.1 Å². The molecule has 9 heteroatoms. The number of fused-ring (bicyclic) bond motifs is 1. The van der Waals surface area contributed by atoms with Gasteiger partial charge in [0.05, 0.1) is 0 Å². The molecule has 1 amide bonds. The summed E-state index contributed by atoms with van der Waals surface area (Å²) >= 11 is 0. The van der Waals surface area contributed by atoms with Crippen molar-refractivity contribution in [2.24, 2.45) is 0 Å². The minimum absolute atomic E-state index is 0. The predicted molar refractivity (Wildman–Crippen MR) is 73.4 cm³/mol. The molecule has 2 heterocycles. The summed E-state index contributed by atoms with van der Waals surface area (Å²) < 4.78 is 37.5. The summed E-state index contributed by atoms with van der Waals surface area (Å²) in [7, 11) is 0. The maximum atomic E-state index is 12.5. The first-order valence-corrected chi connectivity index (χ1v) is 6.16. The second kappa shape index (κ2) is 6.95. The molecule has 1 aliphatic rings. The fourth-order valence-corrected chi connectivity index (χ4v) is 2.14. The Morgan fingerprint density at radius 2 is 2.19 bits per heavy atom. The van der Waals surface area contributed by atoms with Gasteiger partial charge in [0.2, 0.25) is 0 Å². The molecule has 0 bridgehead atoms. The maximum absolute atomic E-state index is 12.5. The highest BCUT2D eigenvalue weighted by Crippen LogP contribution is 2.21. The zero-order chi connectivity index (χ0) is 14.8. The fraction of sp³-hybridized carbons (Fsp3) is 0.500. The third-order valence-electron chi connectivity index (χ3n) is 3.02. The number of aromatic nitrogens is 2. The van der Waals surface area contributed by atoms with E-state index >= 15 is 0 Å². The molecule has 0 spiro atoms. The number of carbonyl (C=O) groups is 1. The standard InChI is InChI=1S/C12H15F3N4O.ClH/c1-2-5-19(7-12(13,14)15)11(20)10-8-6-16-4-3-9(8)17-18-10;/h2,16H,1,3-7H2,(H,17,18);1H. The van der Waals surface area contributed by atoms with E-state index in [1.165, 1.54) is 6.08 Å². The number of H-pyrrole nitrogens is 1. The first kappa shape index (κ1) is 17.5. The normalized spacial score (nSPS) is 14.0. The zero-order valence-electron chi connectivity index (χ0n) is 11.2. The molecule has 1 aromatic rings. The summed E-state index contributed by atoms with van der Waals surface area (Å²) in [5, 5.41) is 9.66. The molecule has 0 fully saturated rings. The lowest BCUT2D eigenvalue weighted by atomic mass is 10.1. The number of hydrogen-bond donors (Lipinski definition) is 2. The van der Waals surface area contributed by atoms with E-state index in [9.17, 15) is 18.0 Å². The number of nitrogens with zero attached hydrogens (tertiary/aromatic N) is 2. The molecular weight excluding hydrogens is 309 g/mol. The predicted octanol–water partition coefficient (Wildman–Crippen LogP) is 1.67. The van der Waals surface area contributed by atoms with Crippen LogP contribution in [-0.4, -0.2) is 46.8 Å². The average Bonchev–Trinajstić information content (AvgIpc) is 2.79. The van der Waals surface area contributed by atoms with Crippen molar-refractivity contribution in [2.75, 3.05) is 19.6 Å². The van der Waals surface area contributed by atoms with Crippen LogP contribution in [0.4, 0.5) is 13.2 Å². The van der Waals surface area contributed by atoms with Crippen molar-refractivity contribution in [3.63, 3.8) is 0 Å². The summed E-state index contributed by atoms with van der Waals surface area (Å²) in [5.41, 5.74) is 1.51. The Kier molecular flexibility index (Phi) is 5.79. The monoisotopic (exact) mass is 324 g/mol. The van der Waals surface area contributed by atoms with Gasteiger partial charge in [0.25, 0.3) is 5.91 Å². The highest BCUT2D eigenvalue weighted by Gasteiger charge is 2.34. The molecule has 118 valence electrons. The number of aromatic amines is 1. The average molecular weight is 325 g/mol. The van der Waals surface area contributed by atoms with Crippen molar-refractivity contribution in [1.82, 2.24) is 20.4 Å². The molecule has 0 radical (unpaired) electrons. The Labute approximate surface area is 126 Å². The van der Waals surface area contributed by atoms with Gasteiger partial charge in [0, 0.05) is 37.3 Å². The Balaban J connectivity index is 0.00000220. The highest BCUT2D eigenvalue weighted by atomic mass is 35.5. The lowest BCUT2D eigenvalue weighted by molar-refractivity contribution is -0.139. The van der Waals surface area contributed by atoms with E-state index in [-0.39, 0.29) is 24.6 Å². The summed E-state index contributed by atoms with van der Waals surface area (Å²) in [6.07, 6.45) is -2.51. The van der Waals surface area contributed by atoms with E-state index in [0.29, 0.717) is 23.4 Å². The molecule has 1 aliphatic heterocycles. The smallest absolute Gasteiger partial charge is 0.324 e. The van der Waals surface area contributed by atoms with Gasteiger partial charge in [-0.2, -0.15) is 18.3 Å². The van der Waals surface area contributed by atoms with Crippen molar-refractivity contribution >= 4 is 18.3 Å². The number of nitrogens with one attached hydrogen (secondary N) is 2. The molecule has 21 heavy (non-hydrogen) atoms. The van der Waals surface area contributed by atoms with E-state index in [1.807, 2.05) is 0 Å². The van der Waals surface area contributed by atoms with Crippen LogP contribution in [0.3, 0.4) is 0 Å². The Hall–Kier alpha value is -1.54. The Morgan fingerprint density at radius 3 is 2.81 bits per heavy atom. The highest BCUT2D eigenvalue weighted by molar-refractivity contribution is 5.94. The number of carbonyl (C=O) groups excluding carboxylic acids is 1. The van der Waals surface area contributed by atoms with Crippen LogP contribution in [0.5, 0.6) is 0 Å². The van der Waals surface area contributed by atoms with Gasteiger partial charge in [-0.1, -0.05) is 6.08 Å². The lowest BCUT2D eigenvalue weighted by Crippen LogP contribution is -2.40. The van der Waals surface area contributed by atoms with E-state index in [4.69, 9.17) is 0 Å². The quantitative estimate of drug-likeness (QED) is 0.828. The number of alkyl halides is 3. The third kappa shape index (κ3) is 4.21. The molecule has 0 saturated heterocycles. The largest absolute Gasteiger partial charge is 0.406 e. The van der Waals surface area contributed by atoms with E-state index in [1.54, 1.807) is 0 Å². The van der Waals surface area contributed by atoms with Crippen LogP contribution in [0.1, 0.15) is 21.7 Å². The summed E-state index contributed by atoms with van der Waals surface area (Å²) in [5.74, 6) is -0.733. The number of halogens is 4. The van der Waals surface area contributed by atoms with E-state index in [0.717, 1.165) is 12.2 Å².